The van der Waals surface area contributed by atoms with Gasteiger partial charge in [0.1, 0.15) is 5.69 Å². The Bertz CT molecular complexity index is 1420. The van der Waals surface area contributed by atoms with E-state index < -0.39 is 39.2 Å². The Morgan fingerprint density at radius 1 is 1.19 bits per heavy atom. The topological polar surface area (TPSA) is 123 Å². The van der Waals surface area contributed by atoms with Crippen molar-refractivity contribution in [3.8, 4) is 5.69 Å². The van der Waals surface area contributed by atoms with Crippen molar-refractivity contribution in [3.63, 3.8) is 0 Å². The fourth-order valence-electron chi connectivity index (χ4n) is 2.62. The highest BCUT2D eigenvalue weighted by Gasteiger charge is 2.35. The Morgan fingerprint density at radius 3 is 2.42 bits per heavy atom. The van der Waals surface area contributed by atoms with Gasteiger partial charge in [0, 0.05) is 32.6 Å². The molecule has 10 nitrogen and oxygen atoms in total. The lowest BCUT2D eigenvalue weighted by atomic mass is 10.2. The van der Waals surface area contributed by atoms with E-state index in [2.05, 4.69) is 4.37 Å². The van der Waals surface area contributed by atoms with Crippen molar-refractivity contribution < 1.29 is 26.4 Å². The van der Waals surface area contributed by atoms with Gasteiger partial charge in [-0.15, -0.1) is 0 Å². The number of hydrogen-bond acceptors (Lipinski definition) is 7. The lowest BCUT2D eigenvalue weighted by molar-refractivity contribution is -0.144. The summed E-state index contributed by atoms with van der Waals surface area (Å²) in [5.74, 6) is -1.05. The van der Waals surface area contributed by atoms with Crippen LogP contribution in [0, 0.1) is 0 Å². The van der Waals surface area contributed by atoms with E-state index in [0.717, 1.165) is 22.9 Å². The number of benzene rings is 1. The van der Waals surface area contributed by atoms with Crippen molar-refractivity contribution in [3.05, 3.63) is 56.5 Å². The molecule has 0 radical (unpaired) electrons. The first kappa shape index (κ1) is 22.6. The summed E-state index contributed by atoms with van der Waals surface area (Å²) < 4.78 is 70.6. The number of aromatic nitrogens is 3. The molecule has 166 valence electrons. The van der Waals surface area contributed by atoms with Gasteiger partial charge < -0.3 is 0 Å². The number of carbonyl (C=O) groups excluding carboxylic acids is 1. The number of halogens is 3. The first-order valence-corrected chi connectivity index (χ1v) is 10.5. The summed E-state index contributed by atoms with van der Waals surface area (Å²) in [4.78, 5) is 37.1. The minimum atomic E-state index is -4.91. The van der Waals surface area contributed by atoms with Crippen molar-refractivity contribution in [1.29, 1.82) is 0 Å². The molecule has 0 unspecified atom stereocenters. The van der Waals surface area contributed by atoms with Crippen molar-refractivity contribution in [2.45, 2.75) is 6.18 Å². The molecule has 3 aromatic rings. The zero-order valence-electron chi connectivity index (χ0n) is 16.1. The fourth-order valence-corrected chi connectivity index (χ4v) is 3.89. The van der Waals surface area contributed by atoms with Crippen molar-refractivity contribution in [2.24, 2.45) is 7.05 Å². The number of hydrogen-bond donors (Lipinski definition) is 1. The van der Waals surface area contributed by atoms with Crippen LogP contribution in [0.1, 0.15) is 16.2 Å². The molecule has 0 aliphatic heterocycles. The molecule has 0 spiro atoms. The molecule has 0 atom stereocenters. The minimum Gasteiger partial charge on any atom is -0.292 e. The third-order valence-corrected chi connectivity index (χ3v) is 6.47. The van der Waals surface area contributed by atoms with Gasteiger partial charge in [-0.3, -0.25) is 14.2 Å². The van der Waals surface area contributed by atoms with E-state index in [1.165, 1.54) is 32.3 Å². The maximum absolute atomic E-state index is 13.0. The largest absolute Gasteiger partial charge is 0.431 e. The number of carbonyl (C=O) groups is 1. The molecule has 2 aromatic heterocycles. The highest BCUT2D eigenvalue weighted by atomic mass is 32.2. The van der Waals surface area contributed by atoms with Crippen LogP contribution in [0.5, 0.6) is 0 Å². The first-order chi connectivity index (χ1) is 14.2. The SMILES string of the molecule is CN(C)S(=O)(=O)NC(=O)c1nsc2ccc(-n3c(=O)cc(C(F)(F)F)n(C)c3=O)cc12. The summed E-state index contributed by atoms with van der Waals surface area (Å²) in [5.41, 5.74) is -4.28. The second-order valence-electron chi connectivity index (χ2n) is 6.47. The Hall–Kier alpha value is -3.04. The van der Waals surface area contributed by atoms with Gasteiger partial charge in [-0.2, -0.15) is 30.3 Å². The molecule has 1 aromatic carbocycles. The lowest BCUT2D eigenvalue weighted by Crippen LogP contribution is -2.40. The van der Waals surface area contributed by atoms with Crippen molar-refractivity contribution >= 4 is 37.7 Å². The van der Waals surface area contributed by atoms with E-state index in [1.807, 2.05) is 4.72 Å². The van der Waals surface area contributed by atoms with E-state index in [-0.39, 0.29) is 27.4 Å². The summed E-state index contributed by atoms with van der Waals surface area (Å²) in [5, 5.41) is 0.114. The molecule has 0 aliphatic carbocycles. The van der Waals surface area contributed by atoms with Crippen LogP contribution < -0.4 is 16.0 Å². The van der Waals surface area contributed by atoms with Crippen molar-refractivity contribution in [2.75, 3.05) is 14.1 Å². The molecular formula is C16H14F3N5O5S2. The minimum absolute atomic E-state index is 0.114. The second kappa shape index (κ2) is 7.58. The molecule has 2 heterocycles. The van der Waals surface area contributed by atoms with Crippen molar-refractivity contribution in [1.82, 2.24) is 22.5 Å². The zero-order chi connectivity index (χ0) is 23.3. The molecule has 31 heavy (non-hydrogen) atoms. The number of nitrogens with zero attached hydrogens (tertiary/aromatic N) is 4. The predicted molar refractivity (Wildman–Crippen MR) is 106 cm³/mol. The van der Waals surface area contributed by atoms with Gasteiger partial charge >= 0.3 is 22.1 Å². The van der Waals surface area contributed by atoms with Crippen LogP contribution in [0.25, 0.3) is 15.8 Å². The zero-order valence-corrected chi connectivity index (χ0v) is 17.7. The van der Waals surface area contributed by atoms with E-state index in [1.54, 1.807) is 0 Å². The van der Waals surface area contributed by atoms with Crippen LogP contribution in [0.4, 0.5) is 13.2 Å². The van der Waals surface area contributed by atoms with Crippen LogP contribution >= 0.6 is 11.5 Å². The molecule has 1 N–H and O–H groups in total. The van der Waals surface area contributed by atoms with Gasteiger partial charge in [0.15, 0.2) is 5.69 Å². The maximum atomic E-state index is 13.0. The molecule has 0 bridgehead atoms. The average Bonchev–Trinajstić information content (AvgIpc) is 3.07. The van der Waals surface area contributed by atoms with Crippen LogP contribution in [-0.4, -0.2) is 46.2 Å². The number of amides is 1. The van der Waals surface area contributed by atoms with E-state index in [0.29, 0.717) is 9.27 Å². The molecule has 1 amide bonds. The number of rotatable bonds is 4. The van der Waals surface area contributed by atoms with E-state index in [4.69, 9.17) is 0 Å². The molecule has 0 saturated heterocycles. The third kappa shape index (κ3) is 4.11. The lowest BCUT2D eigenvalue weighted by Gasteiger charge is -2.14. The predicted octanol–water partition coefficient (Wildman–Crippen LogP) is 0.701. The Morgan fingerprint density at radius 2 is 1.84 bits per heavy atom. The number of alkyl halides is 3. The smallest absolute Gasteiger partial charge is 0.292 e. The van der Waals surface area contributed by atoms with E-state index >= 15 is 0 Å². The van der Waals surface area contributed by atoms with Gasteiger partial charge in [-0.25, -0.2) is 14.1 Å². The van der Waals surface area contributed by atoms with Gasteiger partial charge in [-0.05, 0) is 29.7 Å². The summed E-state index contributed by atoms with van der Waals surface area (Å²) in [6.45, 7) is 0. The number of nitrogens with one attached hydrogen (secondary N) is 1. The normalized spacial score (nSPS) is 12.5. The Balaban J connectivity index is 2.16. The summed E-state index contributed by atoms with van der Waals surface area (Å²) in [7, 11) is -0.821. The average molecular weight is 477 g/mol. The van der Waals surface area contributed by atoms with E-state index in [9.17, 15) is 36.0 Å². The first-order valence-electron chi connectivity index (χ1n) is 8.28. The summed E-state index contributed by atoms with van der Waals surface area (Å²) in [6.07, 6.45) is -4.91. The maximum Gasteiger partial charge on any atom is 0.431 e. The summed E-state index contributed by atoms with van der Waals surface area (Å²) >= 11 is 0.859. The molecular weight excluding hydrogens is 463 g/mol. The van der Waals surface area contributed by atoms with Crippen LogP contribution in [0.2, 0.25) is 0 Å². The Labute approximate surface area is 176 Å². The van der Waals surface area contributed by atoms with Gasteiger partial charge in [0.2, 0.25) is 0 Å². The Kier molecular flexibility index (Phi) is 5.54. The highest BCUT2D eigenvalue weighted by Crippen LogP contribution is 2.28. The molecule has 15 heteroatoms. The highest BCUT2D eigenvalue weighted by molar-refractivity contribution is 7.87. The van der Waals surface area contributed by atoms with Crippen LogP contribution in [-0.2, 0) is 23.4 Å². The summed E-state index contributed by atoms with van der Waals surface area (Å²) in [6, 6.07) is 4.19. The monoisotopic (exact) mass is 477 g/mol. The molecule has 3 rings (SSSR count). The molecule has 0 saturated carbocycles. The second-order valence-corrected chi connectivity index (χ2v) is 9.16. The number of fused-ring (bicyclic) bond motifs is 1. The standard InChI is InChI=1S/C16H14F3N5O5S2/c1-22(2)31(28,29)21-14(26)13-9-6-8(4-5-10(9)30-20-13)24-12(25)7-11(16(17,18)19)23(3)15(24)27/h4-7H,1-3H3,(H,21,26). The third-order valence-electron chi connectivity index (χ3n) is 4.24. The fraction of sp³-hybridized carbons (Fsp3) is 0.250. The van der Waals surface area contributed by atoms with Crippen LogP contribution in [0.15, 0.2) is 33.9 Å². The quantitative estimate of drug-likeness (QED) is 0.590. The molecule has 0 fully saturated rings. The van der Waals surface area contributed by atoms with Gasteiger partial charge in [0.05, 0.1) is 10.4 Å². The van der Waals surface area contributed by atoms with Crippen LogP contribution in [0.3, 0.4) is 0 Å². The van der Waals surface area contributed by atoms with Gasteiger partial charge in [0.25, 0.3) is 11.5 Å². The molecule has 0 aliphatic rings. The van der Waals surface area contributed by atoms with Gasteiger partial charge in [-0.1, -0.05) is 0 Å².